The van der Waals surface area contributed by atoms with Crippen molar-refractivity contribution in [2.75, 3.05) is 14.2 Å². The topological polar surface area (TPSA) is 60.8 Å². The second kappa shape index (κ2) is 5.05. The molecule has 1 aromatic heterocycles. The molecule has 4 rings (SSSR count). The first-order chi connectivity index (χ1) is 11.2. The highest BCUT2D eigenvalue weighted by Gasteiger charge is 2.24. The molecule has 2 heterocycles. The molecule has 2 aromatic carbocycles. The van der Waals surface area contributed by atoms with Crippen molar-refractivity contribution in [1.82, 2.24) is 4.98 Å². The van der Waals surface area contributed by atoms with Gasteiger partial charge in [0.1, 0.15) is 29.6 Å². The monoisotopic (exact) mass is 309 g/mol. The Morgan fingerprint density at radius 2 is 1.78 bits per heavy atom. The van der Waals surface area contributed by atoms with E-state index in [1.54, 1.807) is 20.3 Å². The summed E-state index contributed by atoms with van der Waals surface area (Å²) in [6.07, 6.45) is 0. The lowest BCUT2D eigenvalue weighted by Gasteiger charge is -2.22. The van der Waals surface area contributed by atoms with Crippen LogP contribution in [0.1, 0.15) is 5.56 Å². The van der Waals surface area contributed by atoms with Crippen LogP contribution in [0.2, 0.25) is 0 Å². The molecule has 3 aromatic rings. The minimum absolute atomic E-state index is 0.186. The summed E-state index contributed by atoms with van der Waals surface area (Å²) >= 11 is 0. The number of rotatable bonds is 2. The Balaban J connectivity index is 1.97. The van der Waals surface area contributed by atoms with Gasteiger partial charge in [-0.15, -0.1) is 0 Å². The number of nitrogens with zero attached hydrogens (tertiary/aromatic N) is 1. The first-order valence-electron chi connectivity index (χ1n) is 7.22. The summed E-state index contributed by atoms with van der Waals surface area (Å²) in [6.45, 7) is 0.265. The molecule has 0 radical (unpaired) electrons. The molecule has 0 saturated carbocycles. The quantitative estimate of drug-likeness (QED) is 0.785. The van der Waals surface area contributed by atoms with Gasteiger partial charge in [0.25, 0.3) is 0 Å². The van der Waals surface area contributed by atoms with Crippen molar-refractivity contribution in [2.24, 2.45) is 0 Å². The molecule has 116 valence electrons. The maximum absolute atomic E-state index is 10.6. The van der Waals surface area contributed by atoms with E-state index in [-0.39, 0.29) is 12.4 Å². The van der Waals surface area contributed by atoms with Gasteiger partial charge in [-0.2, -0.15) is 0 Å². The van der Waals surface area contributed by atoms with E-state index >= 15 is 0 Å². The number of fused-ring (bicyclic) bond motifs is 4. The van der Waals surface area contributed by atoms with Crippen molar-refractivity contribution in [3.05, 3.63) is 42.0 Å². The van der Waals surface area contributed by atoms with E-state index in [4.69, 9.17) is 19.2 Å². The summed E-state index contributed by atoms with van der Waals surface area (Å²) in [5.74, 6) is 2.29. The van der Waals surface area contributed by atoms with Crippen LogP contribution < -0.4 is 14.2 Å². The Bertz CT molecular complexity index is 921. The van der Waals surface area contributed by atoms with Gasteiger partial charge in [-0.05, 0) is 30.3 Å². The van der Waals surface area contributed by atoms with Gasteiger partial charge >= 0.3 is 0 Å². The zero-order valence-corrected chi connectivity index (χ0v) is 12.8. The zero-order valence-electron chi connectivity index (χ0n) is 12.8. The molecule has 5 heteroatoms. The summed E-state index contributed by atoms with van der Waals surface area (Å²) in [4.78, 5) is 4.71. The van der Waals surface area contributed by atoms with E-state index in [9.17, 15) is 5.11 Å². The van der Waals surface area contributed by atoms with Gasteiger partial charge in [0, 0.05) is 17.0 Å². The first-order valence-corrected chi connectivity index (χ1v) is 7.22. The van der Waals surface area contributed by atoms with Gasteiger partial charge in [0.2, 0.25) is 0 Å². The van der Waals surface area contributed by atoms with Gasteiger partial charge in [0.05, 0.1) is 31.0 Å². The lowest BCUT2D eigenvalue weighted by molar-refractivity contribution is 0.292. The lowest BCUT2D eigenvalue weighted by Crippen LogP contribution is -2.08. The maximum atomic E-state index is 10.6. The first kappa shape index (κ1) is 13.7. The van der Waals surface area contributed by atoms with Crippen molar-refractivity contribution in [3.8, 4) is 34.3 Å². The third kappa shape index (κ3) is 2.04. The number of pyridine rings is 1. The van der Waals surface area contributed by atoms with Crippen LogP contribution >= 0.6 is 0 Å². The fourth-order valence-electron chi connectivity index (χ4n) is 2.85. The Labute approximate surface area is 133 Å². The normalized spacial score (nSPS) is 12.3. The van der Waals surface area contributed by atoms with E-state index in [1.165, 1.54) is 0 Å². The van der Waals surface area contributed by atoms with Gasteiger partial charge in [-0.3, -0.25) is 0 Å². The third-order valence-electron chi connectivity index (χ3n) is 4.08. The predicted octanol–water partition coefficient (Wildman–Crippen LogP) is 3.52. The molecular formula is C18H15NO4. The molecule has 1 aliphatic rings. The highest BCUT2D eigenvalue weighted by molar-refractivity contribution is 5.92. The molecule has 0 spiro atoms. The van der Waals surface area contributed by atoms with E-state index < -0.39 is 0 Å². The van der Waals surface area contributed by atoms with E-state index in [0.29, 0.717) is 28.0 Å². The fourth-order valence-corrected chi connectivity index (χ4v) is 2.85. The Morgan fingerprint density at radius 1 is 1.04 bits per heavy atom. The molecule has 1 N–H and O–H groups in total. The Hall–Kier alpha value is -2.95. The lowest BCUT2D eigenvalue weighted by atomic mass is 9.99. The molecule has 0 atom stereocenters. The fraction of sp³-hybridized carbons (Fsp3) is 0.167. The molecule has 0 aliphatic carbocycles. The van der Waals surface area contributed by atoms with Gasteiger partial charge < -0.3 is 19.3 Å². The molecule has 0 bridgehead atoms. The van der Waals surface area contributed by atoms with Crippen LogP contribution in [-0.2, 0) is 6.61 Å². The zero-order chi connectivity index (χ0) is 16.0. The highest BCUT2D eigenvalue weighted by Crippen LogP contribution is 2.44. The largest absolute Gasteiger partial charge is 0.507 e. The third-order valence-corrected chi connectivity index (χ3v) is 4.08. The number of aromatic nitrogens is 1. The van der Waals surface area contributed by atoms with Crippen LogP contribution in [0, 0.1) is 0 Å². The van der Waals surface area contributed by atoms with Crippen molar-refractivity contribution in [2.45, 2.75) is 6.61 Å². The van der Waals surface area contributed by atoms with Crippen LogP contribution in [-0.4, -0.2) is 24.3 Å². The van der Waals surface area contributed by atoms with E-state index in [2.05, 4.69) is 0 Å². The van der Waals surface area contributed by atoms with E-state index in [1.807, 2.05) is 30.3 Å². The number of hydrogen-bond acceptors (Lipinski definition) is 5. The van der Waals surface area contributed by atoms with Crippen LogP contribution in [0.4, 0.5) is 0 Å². The molecule has 1 aliphatic heterocycles. The number of ether oxygens (including phenoxy) is 3. The van der Waals surface area contributed by atoms with Crippen molar-refractivity contribution >= 4 is 10.9 Å². The average Bonchev–Trinajstić information content (AvgIpc) is 2.61. The molecule has 0 unspecified atom stereocenters. The molecule has 0 fully saturated rings. The van der Waals surface area contributed by atoms with Crippen LogP contribution in [0.3, 0.4) is 0 Å². The Morgan fingerprint density at radius 3 is 2.57 bits per heavy atom. The maximum Gasteiger partial charge on any atom is 0.133 e. The number of methoxy groups -OCH3 is 2. The number of benzene rings is 2. The Kier molecular flexibility index (Phi) is 3.01. The van der Waals surface area contributed by atoms with Crippen molar-refractivity contribution in [1.29, 1.82) is 0 Å². The van der Waals surface area contributed by atoms with Crippen LogP contribution in [0.15, 0.2) is 36.4 Å². The summed E-state index contributed by atoms with van der Waals surface area (Å²) < 4.78 is 16.2. The number of aromatic hydroxyl groups is 1. The van der Waals surface area contributed by atoms with Crippen molar-refractivity contribution in [3.63, 3.8) is 0 Å². The summed E-state index contributed by atoms with van der Waals surface area (Å²) in [7, 11) is 3.21. The molecule has 0 amide bonds. The smallest absolute Gasteiger partial charge is 0.133 e. The minimum Gasteiger partial charge on any atom is -0.507 e. The summed E-state index contributed by atoms with van der Waals surface area (Å²) in [5, 5.41) is 11.3. The molecule has 0 saturated heterocycles. The van der Waals surface area contributed by atoms with Crippen LogP contribution in [0.25, 0.3) is 22.2 Å². The summed E-state index contributed by atoms with van der Waals surface area (Å²) in [6, 6.07) is 11.0. The SMILES string of the molecule is COc1ccc2c(c1)OCc1c-2nc2ccc(OC)cc2c1O. The van der Waals surface area contributed by atoms with E-state index in [0.717, 1.165) is 17.0 Å². The highest BCUT2D eigenvalue weighted by atomic mass is 16.5. The molecule has 5 nitrogen and oxygen atoms in total. The second-order valence-corrected chi connectivity index (χ2v) is 5.32. The van der Waals surface area contributed by atoms with Gasteiger partial charge in [-0.25, -0.2) is 4.98 Å². The van der Waals surface area contributed by atoms with Crippen molar-refractivity contribution < 1.29 is 19.3 Å². The second-order valence-electron chi connectivity index (χ2n) is 5.32. The standard InChI is InChI=1S/C18H15NO4/c1-21-10-4-6-15-13(7-10)18(20)14-9-23-16-8-11(22-2)3-5-12(16)17(14)19-15/h3-8H,9H2,1-2H3,(H,19,20). The average molecular weight is 309 g/mol. The molecular weight excluding hydrogens is 294 g/mol. The minimum atomic E-state index is 0.186. The van der Waals surface area contributed by atoms with Crippen LogP contribution in [0.5, 0.6) is 23.0 Å². The summed E-state index contributed by atoms with van der Waals surface area (Å²) in [5.41, 5.74) is 2.98. The predicted molar refractivity (Wildman–Crippen MR) is 86.3 cm³/mol. The van der Waals surface area contributed by atoms with Gasteiger partial charge in [-0.1, -0.05) is 0 Å². The van der Waals surface area contributed by atoms with Gasteiger partial charge in [0.15, 0.2) is 0 Å². The number of hydrogen-bond donors (Lipinski definition) is 1. The molecule has 23 heavy (non-hydrogen) atoms.